The first-order valence-electron chi connectivity index (χ1n) is 13.9. The number of benzene rings is 2. The van der Waals surface area contributed by atoms with E-state index in [0.29, 0.717) is 16.5 Å². The van der Waals surface area contributed by atoms with Gasteiger partial charge in [0.25, 0.3) is 11.5 Å². The average Bonchev–Trinajstić information content (AvgIpc) is 3.34. The molecule has 0 radical (unpaired) electrons. The Balaban J connectivity index is 1.56. The molecule has 0 saturated carbocycles. The van der Waals surface area contributed by atoms with Crippen molar-refractivity contribution in [3.05, 3.63) is 75.3 Å². The summed E-state index contributed by atoms with van der Waals surface area (Å²) in [5.74, 6) is -2.81. The number of nitrogens with one attached hydrogen (secondary N) is 1. The topological polar surface area (TPSA) is 127 Å². The molecule has 13 heteroatoms. The number of carbonyl (C=O) groups is 3. The fraction of sp³-hybridized carbons (Fsp3) is 0.387. The summed E-state index contributed by atoms with van der Waals surface area (Å²) >= 11 is 0. The van der Waals surface area contributed by atoms with Gasteiger partial charge in [-0.25, -0.2) is 18.4 Å². The lowest BCUT2D eigenvalue weighted by molar-refractivity contribution is 0.0142. The van der Waals surface area contributed by atoms with Crippen molar-refractivity contribution < 1.29 is 32.6 Å². The van der Waals surface area contributed by atoms with Crippen molar-refractivity contribution in [3.8, 4) is 0 Å². The Morgan fingerprint density at radius 3 is 2.20 bits per heavy atom. The monoisotopic (exact) mass is 609 g/mol. The van der Waals surface area contributed by atoms with E-state index in [2.05, 4.69) is 10.1 Å². The van der Waals surface area contributed by atoms with E-state index in [-0.39, 0.29) is 35.1 Å². The van der Waals surface area contributed by atoms with Gasteiger partial charge in [0, 0.05) is 35.8 Å². The molecule has 1 atom stereocenters. The number of nitrogens with zero attached hydrogens (tertiary/aromatic N) is 4. The minimum atomic E-state index is -1.18. The first kappa shape index (κ1) is 30.6. The average molecular weight is 610 g/mol. The molecule has 2 aromatic carbocycles. The molecule has 11 nitrogen and oxygen atoms in total. The van der Waals surface area contributed by atoms with Crippen LogP contribution in [-0.4, -0.2) is 67.5 Å². The smallest absolute Gasteiger partial charge is 0.435 e. The van der Waals surface area contributed by atoms with Gasteiger partial charge in [0.2, 0.25) is 0 Å². The van der Waals surface area contributed by atoms with Crippen molar-refractivity contribution in [1.29, 1.82) is 0 Å². The molecule has 0 fully saturated rings. The van der Waals surface area contributed by atoms with E-state index in [9.17, 15) is 28.0 Å². The maximum absolute atomic E-state index is 14.5. The van der Waals surface area contributed by atoms with E-state index in [0.717, 1.165) is 16.8 Å². The second-order valence-electron chi connectivity index (χ2n) is 12.8. The maximum Gasteiger partial charge on any atom is 0.435 e. The molecule has 1 N–H and O–H groups in total. The van der Waals surface area contributed by atoms with Gasteiger partial charge < -0.3 is 19.4 Å². The minimum Gasteiger partial charge on any atom is -0.444 e. The first-order chi connectivity index (χ1) is 20.4. The molecule has 3 heterocycles. The number of amides is 2. The summed E-state index contributed by atoms with van der Waals surface area (Å²) in [7, 11) is 1.51. The van der Waals surface area contributed by atoms with Crippen molar-refractivity contribution >= 4 is 39.8 Å². The van der Waals surface area contributed by atoms with Crippen LogP contribution < -0.4 is 5.56 Å². The Labute approximate surface area is 251 Å². The van der Waals surface area contributed by atoms with Gasteiger partial charge in [0.15, 0.2) is 11.6 Å². The highest BCUT2D eigenvalue weighted by Crippen LogP contribution is 2.36. The minimum absolute atomic E-state index is 0.0525. The quantitative estimate of drug-likeness (QED) is 0.318. The number of ether oxygens (including phenoxy) is 2. The third-order valence-corrected chi connectivity index (χ3v) is 7.08. The van der Waals surface area contributed by atoms with E-state index in [1.54, 1.807) is 53.7 Å². The fourth-order valence-corrected chi connectivity index (χ4v) is 5.20. The van der Waals surface area contributed by atoms with Crippen LogP contribution in [0.5, 0.6) is 0 Å². The Hall–Kier alpha value is -4.81. The van der Waals surface area contributed by atoms with Crippen LogP contribution in [0.2, 0.25) is 0 Å². The second-order valence-corrected chi connectivity index (χ2v) is 12.8. The third kappa shape index (κ3) is 5.86. The summed E-state index contributed by atoms with van der Waals surface area (Å²) in [5, 5.41) is 4.66. The van der Waals surface area contributed by atoms with E-state index < -0.39 is 52.5 Å². The van der Waals surface area contributed by atoms with Crippen LogP contribution in [0.4, 0.5) is 18.4 Å². The molecule has 0 spiro atoms. The molecule has 2 aromatic heterocycles. The number of pyridine rings is 1. The molecule has 0 saturated heterocycles. The van der Waals surface area contributed by atoms with Crippen LogP contribution in [0.25, 0.3) is 21.7 Å². The SMILES string of the molecule is CN(C(=O)c1ccc2c(cnn2C(=O)OC(C)(C)C)c1)C1CN(C(=O)OC(C)(C)C)Cc2[nH]c(=O)c3cc(F)c(F)cc3c21. The summed E-state index contributed by atoms with van der Waals surface area (Å²) in [5.41, 5.74) is -0.892. The van der Waals surface area contributed by atoms with Crippen LogP contribution in [-0.2, 0) is 16.0 Å². The van der Waals surface area contributed by atoms with Crippen LogP contribution in [0.1, 0.15) is 69.2 Å². The predicted molar refractivity (Wildman–Crippen MR) is 157 cm³/mol. The number of rotatable bonds is 2. The summed E-state index contributed by atoms with van der Waals surface area (Å²) in [6.45, 7) is 10.2. The highest BCUT2D eigenvalue weighted by atomic mass is 19.2. The molecule has 0 bridgehead atoms. The van der Waals surface area contributed by atoms with Gasteiger partial charge >= 0.3 is 12.2 Å². The lowest BCUT2D eigenvalue weighted by Gasteiger charge is -2.39. The van der Waals surface area contributed by atoms with Crippen LogP contribution in [0.3, 0.4) is 0 Å². The van der Waals surface area contributed by atoms with Crippen LogP contribution in [0.15, 0.2) is 41.3 Å². The maximum atomic E-state index is 14.5. The highest BCUT2D eigenvalue weighted by Gasteiger charge is 2.37. The zero-order valence-electron chi connectivity index (χ0n) is 25.4. The lowest BCUT2D eigenvalue weighted by Crippen LogP contribution is -2.47. The molecule has 1 aliphatic rings. The van der Waals surface area contributed by atoms with Crippen molar-refractivity contribution in [2.24, 2.45) is 0 Å². The standard InChI is InChI=1S/C31H33F2N5O6/c1-30(2,3)43-28(41)37-14-22-25(18-11-20(32)21(33)12-19(18)26(39)35-22)24(15-37)36(7)27(40)16-8-9-23-17(10-16)13-34-38(23)29(42)44-31(4,5)6/h8-13,24H,14-15H2,1-7H3,(H,35,39). The second kappa shape index (κ2) is 10.7. The number of H-pyrrole nitrogens is 1. The molecule has 1 aliphatic heterocycles. The van der Waals surface area contributed by atoms with E-state index in [1.165, 1.54) is 29.1 Å². The van der Waals surface area contributed by atoms with Crippen LogP contribution >= 0.6 is 0 Å². The Morgan fingerprint density at radius 2 is 1.57 bits per heavy atom. The Morgan fingerprint density at radius 1 is 0.955 bits per heavy atom. The molecule has 2 amide bonds. The molecular weight excluding hydrogens is 576 g/mol. The summed E-state index contributed by atoms with van der Waals surface area (Å²) < 4.78 is 40.7. The molecule has 1 unspecified atom stereocenters. The Kier molecular flexibility index (Phi) is 7.47. The number of halogens is 2. The lowest BCUT2D eigenvalue weighted by atomic mass is 9.92. The van der Waals surface area contributed by atoms with Crippen molar-refractivity contribution in [1.82, 2.24) is 24.6 Å². The molecule has 4 aromatic rings. The molecular formula is C31H33F2N5O6. The normalized spacial score (nSPS) is 15.3. The van der Waals surface area contributed by atoms with Gasteiger partial charge in [-0.2, -0.15) is 9.78 Å². The van der Waals surface area contributed by atoms with Crippen molar-refractivity contribution in [3.63, 3.8) is 0 Å². The number of hydrogen-bond donors (Lipinski definition) is 1. The molecule has 232 valence electrons. The van der Waals surface area contributed by atoms with Crippen molar-refractivity contribution in [2.45, 2.75) is 65.3 Å². The fourth-order valence-electron chi connectivity index (χ4n) is 5.20. The number of likely N-dealkylation sites (N-methyl/N-ethyl adjacent to an activating group) is 1. The van der Waals surface area contributed by atoms with Crippen molar-refractivity contribution in [2.75, 3.05) is 13.6 Å². The number of aromatic nitrogens is 3. The number of fused-ring (bicyclic) bond motifs is 4. The van der Waals surface area contributed by atoms with Gasteiger partial charge in [-0.05, 0) is 77.3 Å². The van der Waals surface area contributed by atoms with E-state index in [1.807, 2.05) is 0 Å². The van der Waals surface area contributed by atoms with Gasteiger partial charge in [-0.1, -0.05) is 0 Å². The first-order valence-corrected chi connectivity index (χ1v) is 13.9. The Bertz CT molecular complexity index is 1880. The summed E-state index contributed by atoms with van der Waals surface area (Å²) in [4.78, 5) is 58.0. The molecule has 5 rings (SSSR count). The van der Waals surface area contributed by atoms with Gasteiger partial charge in [-0.3, -0.25) is 14.5 Å². The van der Waals surface area contributed by atoms with E-state index >= 15 is 0 Å². The summed E-state index contributed by atoms with van der Waals surface area (Å²) in [6.07, 6.45) is 0.0941. The van der Waals surface area contributed by atoms with Gasteiger partial charge in [0.05, 0.1) is 29.7 Å². The molecule has 44 heavy (non-hydrogen) atoms. The van der Waals surface area contributed by atoms with E-state index in [4.69, 9.17) is 9.47 Å². The van der Waals surface area contributed by atoms with Gasteiger partial charge in [0.1, 0.15) is 11.2 Å². The molecule has 0 aliphatic carbocycles. The van der Waals surface area contributed by atoms with Gasteiger partial charge in [-0.15, -0.1) is 0 Å². The zero-order valence-corrected chi connectivity index (χ0v) is 25.4. The zero-order chi connectivity index (χ0) is 32.3. The number of carbonyl (C=O) groups excluding carboxylic acids is 3. The van der Waals surface area contributed by atoms with Crippen LogP contribution in [0, 0.1) is 11.6 Å². The predicted octanol–water partition coefficient (Wildman–Crippen LogP) is 5.50. The summed E-state index contributed by atoms with van der Waals surface area (Å²) in [6, 6.07) is 5.53. The highest BCUT2D eigenvalue weighted by molar-refractivity contribution is 5.99. The number of hydrogen-bond acceptors (Lipinski definition) is 7. The largest absolute Gasteiger partial charge is 0.444 e. The third-order valence-electron chi connectivity index (χ3n) is 7.08. The number of aromatic amines is 1.